The molecule has 0 amide bonds. The van der Waals surface area contributed by atoms with Gasteiger partial charge in [0.25, 0.3) is 0 Å². The Morgan fingerprint density at radius 1 is 1.33 bits per heavy atom. The summed E-state index contributed by atoms with van der Waals surface area (Å²) in [6.45, 7) is 2.17. The van der Waals surface area contributed by atoms with E-state index < -0.39 is 0 Å². The van der Waals surface area contributed by atoms with Gasteiger partial charge in [-0.15, -0.1) is 0 Å². The van der Waals surface area contributed by atoms with Crippen LogP contribution in [0.25, 0.3) is 0 Å². The fraction of sp³-hybridized carbons (Fsp3) is 0.250. The summed E-state index contributed by atoms with van der Waals surface area (Å²) >= 11 is 0. The van der Waals surface area contributed by atoms with Crippen LogP contribution in [0.1, 0.15) is 18.5 Å². The summed E-state index contributed by atoms with van der Waals surface area (Å²) in [6.07, 6.45) is 0. The van der Waals surface area contributed by atoms with Gasteiger partial charge in [0.05, 0.1) is 6.04 Å². The first-order chi connectivity index (χ1) is 4.38. The third-order valence-electron chi connectivity index (χ3n) is 1.80. The lowest BCUT2D eigenvalue weighted by molar-refractivity contribution is 0.819. The minimum absolute atomic E-state index is 0.571. The summed E-state index contributed by atoms with van der Waals surface area (Å²) in [5.41, 5.74) is 2.74. The van der Waals surface area contributed by atoms with Crippen molar-refractivity contribution in [3.8, 4) is 0 Å². The number of fused-ring (bicyclic) bond motifs is 1. The Labute approximate surface area is 54.7 Å². The molecule has 1 aliphatic rings. The highest BCUT2D eigenvalue weighted by atomic mass is 15.0. The van der Waals surface area contributed by atoms with Crippen molar-refractivity contribution in [2.75, 3.05) is 5.32 Å². The lowest BCUT2D eigenvalue weighted by atomic mass is 9.99. The van der Waals surface area contributed by atoms with E-state index in [1.165, 1.54) is 11.3 Å². The van der Waals surface area contributed by atoms with Gasteiger partial charge in [0.1, 0.15) is 0 Å². The monoisotopic (exact) mass is 119 g/mol. The van der Waals surface area contributed by atoms with Crippen molar-refractivity contribution in [3.05, 3.63) is 29.8 Å². The van der Waals surface area contributed by atoms with Crippen LogP contribution >= 0.6 is 0 Å². The molecule has 0 unspecified atom stereocenters. The summed E-state index contributed by atoms with van der Waals surface area (Å²) in [5.74, 6) is 0. The predicted octanol–water partition coefficient (Wildman–Crippen LogP) is 2.17. The van der Waals surface area contributed by atoms with Crippen LogP contribution in [0.15, 0.2) is 24.3 Å². The standard InChI is InChI=1S/C8H9N/c1-6-7-4-2-3-5-8(7)9-6/h2-6,9H,1H3/t6-/m0/s1. The summed E-state index contributed by atoms with van der Waals surface area (Å²) < 4.78 is 0. The third-order valence-corrected chi connectivity index (χ3v) is 1.80. The zero-order chi connectivity index (χ0) is 6.27. The highest BCUT2D eigenvalue weighted by Crippen LogP contribution is 2.34. The number of anilines is 1. The second-order valence-electron chi connectivity index (χ2n) is 2.45. The van der Waals surface area contributed by atoms with Crippen LogP contribution in [0, 0.1) is 0 Å². The summed E-state index contributed by atoms with van der Waals surface area (Å²) in [4.78, 5) is 0. The molecule has 2 rings (SSSR count). The Morgan fingerprint density at radius 3 is 2.67 bits per heavy atom. The first-order valence-electron chi connectivity index (χ1n) is 3.23. The number of rotatable bonds is 0. The number of benzene rings is 1. The topological polar surface area (TPSA) is 12.0 Å². The van der Waals surface area contributed by atoms with Gasteiger partial charge in [0.15, 0.2) is 0 Å². The van der Waals surface area contributed by atoms with E-state index in [0.717, 1.165) is 0 Å². The van der Waals surface area contributed by atoms with Gasteiger partial charge in [-0.05, 0) is 18.6 Å². The normalized spacial score (nSPS) is 21.7. The maximum absolute atomic E-state index is 3.29. The second-order valence-corrected chi connectivity index (χ2v) is 2.45. The van der Waals surface area contributed by atoms with Gasteiger partial charge in [-0.2, -0.15) is 0 Å². The fourth-order valence-electron chi connectivity index (χ4n) is 1.24. The van der Waals surface area contributed by atoms with Crippen LogP contribution in [-0.4, -0.2) is 0 Å². The minimum atomic E-state index is 0.571. The molecule has 0 fully saturated rings. The largest absolute Gasteiger partial charge is 0.378 e. The van der Waals surface area contributed by atoms with E-state index in [4.69, 9.17) is 0 Å². The van der Waals surface area contributed by atoms with Crippen LogP contribution in [-0.2, 0) is 0 Å². The number of hydrogen-bond donors (Lipinski definition) is 1. The minimum Gasteiger partial charge on any atom is -0.378 e. The second kappa shape index (κ2) is 1.50. The zero-order valence-electron chi connectivity index (χ0n) is 5.39. The number of para-hydroxylation sites is 1. The molecule has 0 radical (unpaired) electrons. The van der Waals surface area contributed by atoms with Gasteiger partial charge in [-0.1, -0.05) is 18.2 Å². The van der Waals surface area contributed by atoms with Crippen LogP contribution in [0.3, 0.4) is 0 Å². The zero-order valence-corrected chi connectivity index (χ0v) is 5.39. The Hall–Kier alpha value is -0.980. The highest BCUT2D eigenvalue weighted by molar-refractivity contribution is 5.62. The average Bonchev–Trinajstić information content (AvgIpc) is 1.86. The SMILES string of the molecule is C[C@@H]1Nc2ccccc21. The summed E-state index contributed by atoms with van der Waals surface area (Å²) in [7, 11) is 0. The lowest BCUT2D eigenvalue weighted by Crippen LogP contribution is -2.18. The molecular formula is C8H9N. The van der Waals surface area contributed by atoms with Crippen LogP contribution in [0.2, 0.25) is 0 Å². The van der Waals surface area contributed by atoms with E-state index >= 15 is 0 Å². The molecule has 1 N–H and O–H groups in total. The molecular weight excluding hydrogens is 110 g/mol. The average molecular weight is 119 g/mol. The third kappa shape index (κ3) is 0.545. The maximum Gasteiger partial charge on any atom is 0.0506 e. The van der Waals surface area contributed by atoms with Crippen LogP contribution in [0.4, 0.5) is 5.69 Å². The van der Waals surface area contributed by atoms with Gasteiger partial charge >= 0.3 is 0 Å². The van der Waals surface area contributed by atoms with E-state index in [2.05, 4.69) is 36.5 Å². The molecule has 46 valence electrons. The highest BCUT2D eigenvalue weighted by Gasteiger charge is 2.18. The Morgan fingerprint density at radius 2 is 2.11 bits per heavy atom. The Kier molecular flexibility index (Phi) is 0.810. The summed E-state index contributed by atoms with van der Waals surface area (Å²) in [6, 6.07) is 8.97. The number of hydrogen-bond acceptors (Lipinski definition) is 1. The molecule has 1 nitrogen and oxygen atoms in total. The molecule has 9 heavy (non-hydrogen) atoms. The van der Waals surface area contributed by atoms with Crippen LogP contribution in [0.5, 0.6) is 0 Å². The van der Waals surface area contributed by atoms with Crippen molar-refractivity contribution >= 4 is 5.69 Å². The molecule has 1 heterocycles. The smallest absolute Gasteiger partial charge is 0.0506 e. The molecule has 0 spiro atoms. The molecule has 0 saturated heterocycles. The van der Waals surface area contributed by atoms with E-state index in [-0.39, 0.29) is 0 Å². The van der Waals surface area contributed by atoms with E-state index in [1.54, 1.807) is 0 Å². The molecule has 0 bridgehead atoms. The molecule has 1 aromatic carbocycles. The molecule has 0 saturated carbocycles. The lowest BCUT2D eigenvalue weighted by Gasteiger charge is -2.29. The van der Waals surface area contributed by atoms with Crippen molar-refractivity contribution in [3.63, 3.8) is 0 Å². The molecule has 1 aromatic rings. The Bertz CT molecular complexity index is 230. The van der Waals surface area contributed by atoms with Gasteiger partial charge in [0, 0.05) is 5.69 Å². The quantitative estimate of drug-likeness (QED) is 0.552. The molecule has 1 atom stereocenters. The van der Waals surface area contributed by atoms with E-state index in [0.29, 0.717) is 6.04 Å². The first kappa shape index (κ1) is 4.86. The van der Waals surface area contributed by atoms with Crippen molar-refractivity contribution < 1.29 is 0 Å². The van der Waals surface area contributed by atoms with Gasteiger partial charge < -0.3 is 5.32 Å². The molecule has 1 aliphatic heterocycles. The van der Waals surface area contributed by atoms with Crippen molar-refractivity contribution in [2.45, 2.75) is 13.0 Å². The molecule has 1 heteroatoms. The summed E-state index contributed by atoms with van der Waals surface area (Å²) in [5, 5.41) is 3.29. The van der Waals surface area contributed by atoms with Crippen molar-refractivity contribution in [1.29, 1.82) is 0 Å². The predicted molar refractivity (Wildman–Crippen MR) is 38.5 cm³/mol. The van der Waals surface area contributed by atoms with E-state index in [1.807, 2.05) is 0 Å². The van der Waals surface area contributed by atoms with Crippen LogP contribution < -0.4 is 5.32 Å². The first-order valence-corrected chi connectivity index (χ1v) is 3.23. The number of nitrogens with one attached hydrogen (secondary N) is 1. The maximum atomic E-state index is 3.29. The Balaban J connectivity index is 2.51. The van der Waals surface area contributed by atoms with Crippen molar-refractivity contribution in [2.24, 2.45) is 0 Å². The van der Waals surface area contributed by atoms with Crippen molar-refractivity contribution in [1.82, 2.24) is 0 Å². The van der Waals surface area contributed by atoms with E-state index in [9.17, 15) is 0 Å². The van der Waals surface area contributed by atoms with Gasteiger partial charge in [-0.3, -0.25) is 0 Å². The van der Waals surface area contributed by atoms with Gasteiger partial charge in [0.2, 0.25) is 0 Å². The molecule has 0 aromatic heterocycles. The van der Waals surface area contributed by atoms with Gasteiger partial charge in [-0.25, -0.2) is 0 Å². The molecule has 0 aliphatic carbocycles. The fourth-order valence-corrected chi connectivity index (χ4v) is 1.24.